The van der Waals surface area contributed by atoms with Crippen LogP contribution in [0.25, 0.3) is 0 Å². The fourth-order valence-corrected chi connectivity index (χ4v) is 3.09. The van der Waals surface area contributed by atoms with E-state index in [1.54, 1.807) is 18.2 Å². The third-order valence-electron chi connectivity index (χ3n) is 2.07. The van der Waals surface area contributed by atoms with Crippen LogP contribution in [0.15, 0.2) is 32.0 Å². The van der Waals surface area contributed by atoms with Crippen LogP contribution in [0.1, 0.15) is 13.3 Å². The van der Waals surface area contributed by atoms with Crippen LogP contribution in [0.4, 0.5) is 5.69 Å². The first-order chi connectivity index (χ1) is 7.03. The zero-order valence-corrected chi connectivity index (χ0v) is 10.4. The summed E-state index contributed by atoms with van der Waals surface area (Å²) in [6, 6.07) is 5.06. The molecule has 2 rings (SSSR count). The van der Waals surface area contributed by atoms with Crippen molar-refractivity contribution in [2.45, 2.75) is 18.2 Å². The molecule has 1 aromatic carbocycles. The predicted molar refractivity (Wildman–Crippen MR) is 62.7 cm³/mol. The topological polar surface area (TPSA) is 58.5 Å². The average Bonchev–Trinajstić information content (AvgIpc) is 2.18. The Bertz CT molecular complexity index is 537. The number of fused-ring (bicyclic) bond motifs is 1. The van der Waals surface area contributed by atoms with Crippen LogP contribution < -0.4 is 5.32 Å². The zero-order chi connectivity index (χ0) is 11.1. The van der Waals surface area contributed by atoms with Crippen molar-refractivity contribution in [3.05, 3.63) is 22.7 Å². The summed E-state index contributed by atoms with van der Waals surface area (Å²) >= 11 is 3.23. The molecule has 0 bridgehead atoms. The molecule has 6 heteroatoms. The van der Waals surface area contributed by atoms with E-state index in [2.05, 4.69) is 25.6 Å². The first kappa shape index (κ1) is 10.6. The van der Waals surface area contributed by atoms with Crippen LogP contribution in [0.5, 0.6) is 0 Å². The van der Waals surface area contributed by atoms with E-state index in [9.17, 15) is 8.42 Å². The van der Waals surface area contributed by atoms with Crippen molar-refractivity contribution in [2.75, 3.05) is 5.32 Å². The Labute approximate surface area is 96.6 Å². The molecule has 1 aliphatic rings. The van der Waals surface area contributed by atoms with Crippen LogP contribution in [-0.4, -0.2) is 14.3 Å². The third-order valence-corrected chi connectivity index (χ3v) is 3.91. The van der Waals surface area contributed by atoms with Gasteiger partial charge in [0.05, 0.1) is 5.69 Å². The van der Waals surface area contributed by atoms with Gasteiger partial charge in [-0.05, 0) is 18.2 Å². The largest absolute Gasteiger partial charge is 0.342 e. The summed E-state index contributed by atoms with van der Waals surface area (Å²) in [4.78, 5) is 0.217. The van der Waals surface area contributed by atoms with Gasteiger partial charge < -0.3 is 5.32 Å². The smallest absolute Gasteiger partial charge is 0.286 e. The van der Waals surface area contributed by atoms with Crippen LogP contribution in [-0.2, 0) is 10.0 Å². The maximum atomic E-state index is 11.7. The molecule has 0 spiro atoms. The summed E-state index contributed by atoms with van der Waals surface area (Å²) in [5.41, 5.74) is 0.588. The van der Waals surface area contributed by atoms with Gasteiger partial charge in [0.2, 0.25) is 0 Å². The lowest BCUT2D eigenvalue weighted by atomic mass is 10.3. The standard InChI is InChI=1S/C9H9BrN2O2S/c1-2-9-11-7-4-3-6(10)5-8(7)15(13,14)12-9/h3-5H,2H2,1H3,(H,11,12). The molecule has 0 amide bonds. The van der Waals surface area contributed by atoms with Gasteiger partial charge in [0, 0.05) is 10.9 Å². The van der Waals surface area contributed by atoms with E-state index in [4.69, 9.17) is 0 Å². The van der Waals surface area contributed by atoms with E-state index >= 15 is 0 Å². The maximum absolute atomic E-state index is 11.7. The molecule has 1 N–H and O–H groups in total. The van der Waals surface area contributed by atoms with E-state index in [-0.39, 0.29) is 4.90 Å². The zero-order valence-electron chi connectivity index (χ0n) is 7.99. The Kier molecular flexibility index (Phi) is 2.56. The summed E-state index contributed by atoms with van der Waals surface area (Å²) in [5.74, 6) is 0.477. The average molecular weight is 289 g/mol. The van der Waals surface area contributed by atoms with E-state index < -0.39 is 10.0 Å². The lowest BCUT2D eigenvalue weighted by Crippen LogP contribution is -2.20. The minimum atomic E-state index is -3.53. The summed E-state index contributed by atoms with van der Waals surface area (Å²) < 4.78 is 27.9. The molecular formula is C9H9BrN2O2S. The van der Waals surface area contributed by atoms with Gasteiger partial charge in [0.15, 0.2) is 0 Å². The minimum Gasteiger partial charge on any atom is -0.342 e. The molecule has 1 aliphatic heterocycles. The van der Waals surface area contributed by atoms with Gasteiger partial charge in [0.25, 0.3) is 10.0 Å². The minimum absolute atomic E-state index is 0.217. The van der Waals surface area contributed by atoms with Gasteiger partial charge >= 0.3 is 0 Å². The van der Waals surface area contributed by atoms with Crippen molar-refractivity contribution < 1.29 is 8.42 Å². The second-order valence-corrected chi connectivity index (χ2v) is 5.62. The van der Waals surface area contributed by atoms with Crippen molar-refractivity contribution >= 4 is 37.5 Å². The molecule has 0 aromatic heterocycles. The summed E-state index contributed by atoms with van der Waals surface area (Å²) in [5, 5.41) is 2.98. The number of rotatable bonds is 1. The van der Waals surface area contributed by atoms with Crippen molar-refractivity contribution in [3.8, 4) is 0 Å². The Morgan fingerprint density at radius 3 is 2.87 bits per heavy atom. The Morgan fingerprint density at radius 2 is 2.20 bits per heavy atom. The van der Waals surface area contributed by atoms with E-state index in [0.717, 1.165) is 4.47 Å². The number of hydrogen-bond donors (Lipinski definition) is 1. The fourth-order valence-electron chi connectivity index (χ4n) is 1.34. The van der Waals surface area contributed by atoms with E-state index in [1.807, 2.05) is 6.92 Å². The number of halogens is 1. The number of amidine groups is 1. The van der Waals surface area contributed by atoms with Gasteiger partial charge in [-0.25, -0.2) is 0 Å². The Balaban J connectivity index is 2.64. The van der Waals surface area contributed by atoms with Gasteiger partial charge in [-0.2, -0.15) is 8.42 Å². The number of benzene rings is 1. The van der Waals surface area contributed by atoms with Gasteiger partial charge in [-0.3, -0.25) is 0 Å². The van der Waals surface area contributed by atoms with E-state index in [0.29, 0.717) is 17.9 Å². The monoisotopic (exact) mass is 288 g/mol. The van der Waals surface area contributed by atoms with Crippen LogP contribution in [0.3, 0.4) is 0 Å². The molecule has 0 unspecified atom stereocenters. The molecule has 0 aliphatic carbocycles. The number of nitrogens with zero attached hydrogens (tertiary/aromatic N) is 1. The normalized spacial score (nSPS) is 17.6. The summed E-state index contributed by atoms with van der Waals surface area (Å²) in [6.07, 6.45) is 0.564. The highest BCUT2D eigenvalue weighted by atomic mass is 79.9. The lowest BCUT2D eigenvalue weighted by Gasteiger charge is -2.17. The highest BCUT2D eigenvalue weighted by Gasteiger charge is 2.23. The Hall–Kier alpha value is -0.880. The van der Waals surface area contributed by atoms with Crippen molar-refractivity contribution in [1.82, 2.24) is 0 Å². The van der Waals surface area contributed by atoms with Crippen molar-refractivity contribution in [1.29, 1.82) is 0 Å². The SMILES string of the molecule is CCC1=NS(=O)(=O)c2cc(Br)ccc2N1. The summed E-state index contributed by atoms with van der Waals surface area (Å²) in [6.45, 7) is 1.85. The van der Waals surface area contributed by atoms with Crippen LogP contribution in [0.2, 0.25) is 0 Å². The number of nitrogens with one attached hydrogen (secondary N) is 1. The van der Waals surface area contributed by atoms with Gasteiger partial charge in [-0.1, -0.05) is 22.9 Å². The highest BCUT2D eigenvalue weighted by Crippen LogP contribution is 2.30. The first-order valence-corrected chi connectivity index (χ1v) is 6.66. The maximum Gasteiger partial charge on any atom is 0.286 e. The molecule has 0 saturated carbocycles. The van der Waals surface area contributed by atoms with Gasteiger partial charge in [0.1, 0.15) is 10.7 Å². The fraction of sp³-hybridized carbons (Fsp3) is 0.222. The summed E-state index contributed by atoms with van der Waals surface area (Å²) in [7, 11) is -3.53. The molecule has 0 atom stereocenters. The number of anilines is 1. The van der Waals surface area contributed by atoms with Crippen molar-refractivity contribution in [2.24, 2.45) is 4.40 Å². The molecule has 4 nitrogen and oxygen atoms in total. The number of hydrogen-bond acceptors (Lipinski definition) is 3. The Morgan fingerprint density at radius 1 is 1.47 bits per heavy atom. The van der Waals surface area contributed by atoms with Gasteiger partial charge in [-0.15, -0.1) is 4.40 Å². The molecule has 0 fully saturated rings. The third kappa shape index (κ3) is 1.91. The quantitative estimate of drug-likeness (QED) is 0.863. The predicted octanol–water partition coefficient (Wildman–Crippen LogP) is 2.37. The first-order valence-electron chi connectivity index (χ1n) is 4.43. The second kappa shape index (κ2) is 3.61. The molecule has 1 aromatic rings. The lowest BCUT2D eigenvalue weighted by molar-refractivity contribution is 0.597. The molecule has 15 heavy (non-hydrogen) atoms. The van der Waals surface area contributed by atoms with Crippen LogP contribution >= 0.6 is 15.9 Å². The second-order valence-electron chi connectivity index (χ2n) is 3.13. The van der Waals surface area contributed by atoms with Crippen LogP contribution in [0, 0.1) is 0 Å². The molecule has 0 radical (unpaired) electrons. The molecule has 80 valence electrons. The molecular weight excluding hydrogens is 280 g/mol. The van der Waals surface area contributed by atoms with Crippen molar-refractivity contribution in [3.63, 3.8) is 0 Å². The molecule has 1 heterocycles. The van der Waals surface area contributed by atoms with E-state index in [1.165, 1.54) is 0 Å². The molecule has 0 saturated heterocycles. The number of sulfonamides is 1. The highest BCUT2D eigenvalue weighted by molar-refractivity contribution is 9.10.